The summed E-state index contributed by atoms with van der Waals surface area (Å²) >= 11 is 3.02. The molecule has 0 aliphatic heterocycles. The Morgan fingerprint density at radius 1 is 1.27 bits per heavy atom. The molecule has 0 aliphatic rings. The van der Waals surface area contributed by atoms with Crippen molar-refractivity contribution < 1.29 is 22.3 Å². The summed E-state index contributed by atoms with van der Waals surface area (Å²) < 4.78 is 53.4. The minimum atomic E-state index is -4.29. The Balaban J connectivity index is 2.51. The largest absolute Gasteiger partial charge is 0.490 e. The standard InChI is InChI=1S/C9H7BrF4O/c10-6-1-2-8(7(11)5-6)15-4-3-9(12,13)14/h1-2,5H,3-4H2. The average molecular weight is 287 g/mol. The third-order valence-corrected chi connectivity index (χ3v) is 2.03. The topological polar surface area (TPSA) is 9.23 Å². The first kappa shape index (κ1) is 12.3. The van der Waals surface area contributed by atoms with Crippen LogP contribution in [0.25, 0.3) is 0 Å². The highest BCUT2D eigenvalue weighted by atomic mass is 79.9. The Morgan fingerprint density at radius 3 is 2.47 bits per heavy atom. The molecule has 0 saturated heterocycles. The first-order chi connectivity index (χ1) is 6.88. The van der Waals surface area contributed by atoms with Gasteiger partial charge in [0.05, 0.1) is 13.0 Å². The lowest BCUT2D eigenvalue weighted by molar-refractivity contribution is -0.139. The molecule has 0 radical (unpaired) electrons. The van der Waals surface area contributed by atoms with Gasteiger partial charge in [0.15, 0.2) is 11.6 Å². The normalized spacial score (nSPS) is 11.5. The minimum Gasteiger partial charge on any atom is -0.490 e. The van der Waals surface area contributed by atoms with Gasteiger partial charge >= 0.3 is 6.18 Å². The molecule has 0 unspecified atom stereocenters. The van der Waals surface area contributed by atoms with Crippen molar-refractivity contribution in [2.75, 3.05) is 6.61 Å². The molecule has 0 N–H and O–H groups in total. The maximum Gasteiger partial charge on any atom is 0.392 e. The average Bonchev–Trinajstić information content (AvgIpc) is 2.07. The molecular formula is C9H7BrF4O. The highest BCUT2D eigenvalue weighted by Gasteiger charge is 2.27. The lowest BCUT2D eigenvalue weighted by Crippen LogP contribution is -2.13. The van der Waals surface area contributed by atoms with Crippen molar-refractivity contribution in [2.24, 2.45) is 0 Å². The Labute approximate surface area is 92.2 Å². The van der Waals surface area contributed by atoms with E-state index in [1.54, 1.807) is 0 Å². The number of rotatable bonds is 3. The highest BCUT2D eigenvalue weighted by Crippen LogP contribution is 2.23. The smallest absolute Gasteiger partial charge is 0.392 e. The monoisotopic (exact) mass is 286 g/mol. The van der Waals surface area contributed by atoms with Crippen LogP contribution in [0.1, 0.15) is 6.42 Å². The number of ether oxygens (including phenoxy) is 1. The van der Waals surface area contributed by atoms with E-state index in [9.17, 15) is 17.6 Å². The number of hydrogen-bond donors (Lipinski definition) is 0. The summed E-state index contributed by atoms with van der Waals surface area (Å²) in [6.07, 6.45) is -5.38. The zero-order chi connectivity index (χ0) is 11.5. The Morgan fingerprint density at radius 2 is 1.93 bits per heavy atom. The molecule has 1 aromatic carbocycles. The number of alkyl halides is 3. The van der Waals surface area contributed by atoms with E-state index in [0.717, 1.165) is 6.07 Å². The van der Waals surface area contributed by atoms with Crippen molar-refractivity contribution in [1.82, 2.24) is 0 Å². The van der Waals surface area contributed by atoms with Crippen LogP contribution in [0.4, 0.5) is 17.6 Å². The van der Waals surface area contributed by atoms with Crippen LogP contribution in [0.5, 0.6) is 5.75 Å². The van der Waals surface area contributed by atoms with Gasteiger partial charge in [-0.05, 0) is 18.2 Å². The van der Waals surface area contributed by atoms with Gasteiger partial charge in [-0.25, -0.2) is 4.39 Å². The second-order valence-electron chi connectivity index (χ2n) is 2.79. The van der Waals surface area contributed by atoms with Crippen LogP contribution in [0.2, 0.25) is 0 Å². The van der Waals surface area contributed by atoms with Crippen LogP contribution in [0.3, 0.4) is 0 Å². The summed E-state index contributed by atoms with van der Waals surface area (Å²) in [6.45, 7) is -0.581. The second-order valence-corrected chi connectivity index (χ2v) is 3.70. The SMILES string of the molecule is Fc1cc(Br)ccc1OCCC(F)(F)F. The fraction of sp³-hybridized carbons (Fsp3) is 0.333. The molecule has 0 aliphatic carbocycles. The van der Waals surface area contributed by atoms with Crippen molar-refractivity contribution >= 4 is 15.9 Å². The maximum absolute atomic E-state index is 13.0. The fourth-order valence-electron chi connectivity index (χ4n) is 0.869. The molecule has 0 aromatic heterocycles. The van der Waals surface area contributed by atoms with Crippen molar-refractivity contribution in [3.8, 4) is 5.75 Å². The van der Waals surface area contributed by atoms with Crippen molar-refractivity contribution in [2.45, 2.75) is 12.6 Å². The molecule has 0 bridgehead atoms. The van der Waals surface area contributed by atoms with Crippen molar-refractivity contribution in [3.63, 3.8) is 0 Å². The van der Waals surface area contributed by atoms with E-state index in [-0.39, 0.29) is 5.75 Å². The summed E-state index contributed by atoms with van der Waals surface area (Å²) in [6, 6.07) is 3.89. The molecule has 84 valence electrons. The van der Waals surface area contributed by atoms with E-state index in [2.05, 4.69) is 20.7 Å². The number of benzene rings is 1. The predicted molar refractivity (Wildman–Crippen MR) is 50.3 cm³/mol. The van der Waals surface area contributed by atoms with E-state index in [1.165, 1.54) is 12.1 Å². The van der Waals surface area contributed by atoms with Gasteiger partial charge in [-0.1, -0.05) is 15.9 Å². The fourth-order valence-corrected chi connectivity index (χ4v) is 1.20. The van der Waals surface area contributed by atoms with Gasteiger partial charge in [0.2, 0.25) is 0 Å². The van der Waals surface area contributed by atoms with E-state index in [1.807, 2.05) is 0 Å². The molecule has 0 amide bonds. The summed E-state index contributed by atoms with van der Waals surface area (Å²) in [4.78, 5) is 0. The highest BCUT2D eigenvalue weighted by molar-refractivity contribution is 9.10. The third kappa shape index (κ3) is 4.51. The maximum atomic E-state index is 13.0. The van der Waals surface area contributed by atoms with E-state index in [0.29, 0.717) is 4.47 Å². The first-order valence-electron chi connectivity index (χ1n) is 4.03. The molecule has 1 nitrogen and oxygen atoms in total. The van der Waals surface area contributed by atoms with Gasteiger partial charge in [0.25, 0.3) is 0 Å². The zero-order valence-electron chi connectivity index (χ0n) is 7.44. The van der Waals surface area contributed by atoms with Crippen LogP contribution in [-0.2, 0) is 0 Å². The van der Waals surface area contributed by atoms with Crippen LogP contribution < -0.4 is 4.74 Å². The second kappa shape index (κ2) is 4.83. The Kier molecular flexibility index (Phi) is 3.96. The lowest BCUT2D eigenvalue weighted by atomic mass is 10.3. The van der Waals surface area contributed by atoms with Gasteiger partial charge in [0.1, 0.15) is 0 Å². The first-order valence-corrected chi connectivity index (χ1v) is 4.82. The van der Waals surface area contributed by atoms with E-state index < -0.39 is 25.0 Å². The number of hydrogen-bond acceptors (Lipinski definition) is 1. The molecule has 0 atom stereocenters. The van der Waals surface area contributed by atoms with Crippen molar-refractivity contribution in [1.29, 1.82) is 0 Å². The zero-order valence-corrected chi connectivity index (χ0v) is 9.03. The quantitative estimate of drug-likeness (QED) is 0.766. The number of halogens is 5. The molecule has 6 heteroatoms. The summed E-state index contributed by atoms with van der Waals surface area (Å²) in [7, 11) is 0. The van der Waals surface area contributed by atoms with E-state index in [4.69, 9.17) is 0 Å². The molecule has 0 saturated carbocycles. The van der Waals surface area contributed by atoms with Gasteiger partial charge in [-0.3, -0.25) is 0 Å². The van der Waals surface area contributed by atoms with Gasteiger partial charge in [0, 0.05) is 4.47 Å². The molecule has 1 aromatic rings. The van der Waals surface area contributed by atoms with Crippen LogP contribution >= 0.6 is 15.9 Å². The van der Waals surface area contributed by atoms with Crippen LogP contribution in [0, 0.1) is 5.82 Å². The Hall–Kier alpha value is -0.780. The summed E-state index contributed by atoms with van der Waals surface area (Å²) in [5, 5.41) is 0. The van der Waals surface area contributed by atoms with Crippen molar-refractivity contribution in [3.05, 3.63) is 28.5 Å². The molecule has 15 heavy (non-hydrogen) atoms. The minimum absolute atomic E-state index is 0.178. The predicted octanol–water partition coefficient (Wildman–Crippen LogP) is 3.92. The van der Waals surface area contributed by atoms with E-state index >= 15 is 0 Å². The summed E-state index contributed by atoms with van der Waals surface area (Å²) in [5.74, 6) is -0.867. The van der Waals surface area contributed by atoms with Gasteiger partial charge in [-0.2, -0.15) is 13.2 Å². The molecule has 0 heterocycles. The molecule has 0 fully saturated rings. The molecule has 0 spiro atoms. The third-order valence-electron chi connectivity index (χ3n) is 1.54. The van der Waals surface area contributed by atoms with Gasteiger partial charge < -0.3 is 4.74 Å². The van der Waals surface area contributed by atoms with Gasteiger partial charge in [-0.15, -0.1) is 0 Å². The lowest BCUT2D eigenvalue weighted by Gasteiger charge is -2.09. The van der Waals surface area contributed by atoms with Crippen LogP contribution in [0.15, 0.2) is 22.7 Å². The van der Waals surface area contributed by atoms with Crippen LogP contribution in [-0.4, -0.2) is 12.8 Å². The summed E-state index contributed by atoms with van der Waals surface area (Å²) in [5.41, 5.74) is 0. The molecular weight excluding hydrogens is 280 g/mol. The molecule has 1 rings (SSSR count). The Bertz CT molecular complexity index is 337.